The minimum atomic E-state index is 0.343. The Morgan fingerprint density at radius 3 is 2.42 bits per heavy atom. The fraction of sp³-hybridized carbons (Fsp3) is 1.00. The summed E-state index contributed by atoms with van der Waals surface area (Å²) < 4.78 is 0. The van der Waals surface area contributed by atoms with E-state index in [-0.39, 0.29) is 0 Å². The average molecular weight is 171 g/mol. The summed E-state index contributed by atoms with van der Waals surface area (Å²) in [6.07, 6.45) is 6.30. The maximum Gasteiger partial charge on any atom is 0.0443 e. The summed E-state index contributed by atoms with van der Waals surface area (Å²) in [5.74, 6) is 0. The molecule has 0 spiro atoms. The van der Waals surface area contributed by atoms with Crippen LogP contribution in [0.25, 0.3) is 0 Å². The molecule has 1 aliphatic rings. The summed E-state index contributed by atoms with van der Waals surface area (Å²) in [6, 6.07) is 0.864. The summed E-state index contributed by atoms with van der Waals surface area (Å²) >= 11 is 0. The lowest BCUT2D eigenvalue weighted by molar-refractivity contribution is 0.215. The van der Waals surface area contributed by atoms with Crippen molar-refractivity contribution in [1.29, 1.82) is 0 Å². The highest BCUT2D eigenvalue weighted by molar-refractivity contribution is 4.84. The van der Waals surface area contributed by atoms with Gasteiger partial charge in [0, 0.05) is 19.2 Å². The molecule has 0 amide bonds. The first-order valence-electron chi connectivity index (χ1n) is 5.23. The van der Waals surface area contributed by atoms with Gasteiger partial charge < -0.3 is 10.0 Å². The molecule has 0 heterocycles. The Balaban J connectivity index is 2.09. The van der Waals surface area contributed by atoms with E-state index in [0.717, 1.165) is 19.0 Å². The Morgan fingerprint density at radius 2 is 1.92 bits per heavy atom. The second-order valence-electron chi connectivity index (χ2n) is 3.70. The molecule has 2 nitrogen and oxygen atoms in total. The van der Waals surface area contributed by atoms with Crippen LogP contribution in [0.2, 0.25) is 0 Å². The number of rotatable bonds is 7. The molecule has 1 N–H and O–H groups in total. The predicted molar refractivity (Wildman–Crippen MR) is 51.2 cm³/mol. The molecular formula is C10H21NO. The van der Waals surface area contributed by atoms with E-state index in [2.05, 4.69) is 11.8 Å². The lowest BCUT2D eigenvalue weighted by Crippen LogP contribution is -2.28. The van der Waals surface area contributed by atoms with Crippen molar-refractivity contribution < 1.29 is 5.11 Å². The Hall–Kier alpha value is -0.0800. The van der Waals surface area contributed by atoms with Crippen LogP contribution in [-0.2, 0) is 0 Å². The molecule has 0 aromatic carbocycles. The number of aliphatic hydroxyl groups excluding tert-OH is 1. The van der Waals surface area contributed by atoms with Gasteiger partial charge in [-0.05, 0) is 32.2 Å². The van der Waals surface area contributed by atoms with Gasteiger partial charge in [0.25, 0.3) is 0 Å². The predicted octanol–water partition coefficient (Wildman–Crippen LogP) is 1.63. The summed E-state index contributed by atoms with van der Waals surface area (Å²) in [6.45, 7) is 4.91. The fourth-order valence-corrected chi connectivity index (χ4v) is 1.55. The van der Waals surface area contributed by atoms with Crippen LogP contribution in [0.4, 0.5) is 0 Å². The molecule has 0 aromatic rings. The molecule has 2 heteroatoms. The average Bonchev–Trinajstić information content (AvgIpc) is 2.88. The van der Waals surface area contributed by atoms with Crippen LogP contribution in [0.1, 0.15) is 39.0 Å². The van der Waals surface area contributed by atoms with E-state index in [1.165, 1.54) is 32.2 Å². The number of hydrogen-bond donors (Lipinski definition) is 1. The standard InChI is InChI=1S/C10H21NO/c1-2-3-7-11(8-4-9-12)10-5-6-10/h10,12H,2-9H2,1H3. The number of hydrogen-bond acceptors (Lipinski definition) is 2. The van der Waals surface area contributed by atoms with E-state index < -0.39 is 0 Å². The third-order valence-corrected chi connectivity index (χ3v) is 2.47. The molecule has 0 aliphatic heterocycles. The van der Waals surface area contributed by atoms with Crippen molar-refractivity contribution in [3.8, 4) is 0 Å². The zero-order valence-electron chi connectivity index (χ0n) is 8.13. The zero-order valence-corrected chi connectivity index (χ0v) is 8.13. The van der Waals surface area contributed by atoms with Crippen LogP contribution in [0.15, 0.2) is 0 Å². The van der Waals surface area contributed by atoms with Gasteiger partial charge in [0.05, 0.1) is 0 Å². The minimum Gasteiger partial charge on any atom is -0.396 e. The van der Waals surface area contributed by atoms with Gasteiger partial charge >= 0.3 is 0 Å². The Bertz CT molecular complexity index is 104. The van der Waals surface area contributed by atoms with Gasteiger partial charge in [0.15, 0.2) is 0 Å². The van der Waals surface area contributed by atoms with Crippen molar-refractivity contribution in [2.24, 2.45) is 0 Å². The SMILES string of the molecule is CCCCN(CCCO)C1CC1. The molecule has 0 atom stereocenters. The van der Waals surface area contributed by atoms with Crippen molar-refractivity contribution >= 4 is 0 Å². The van der Waals surface area contributed by atoms with Crippen molar-refractivity contribution in [3.63, 3.8) is 0 Å². The van der Waals surface area contributed by atoms with Gasteiger partial charge in [-0.3, -0.25) is 0 Å². The van der Waals surface area contributed by atoms with E-state index in [4.69, 9.17) is 5.11 Å². The quantitative estimate of drug-likeness (QED) is 0.629. The third-order valence-electron chi connectivity index (χ3n) is 2.47. The van der Waals surface area contributed by atoms with Crippen LogP contribution >= 0.6 is 0 Å². The molecule has 12 heavy (non-hydrogen) atoms. The van der Waals surface area contributed by atoms with Gasteiger partial charge in [0.2, 0.25) is 0 Å². The maximum atomic E-state index is 8.72. The summed E-state index contributed by atoms with van der Waals surface area (Å²) in [5, 5.41) is 8.72. The molecule has 1 aliphatic carbocycles. The van der Waals surface area contributed by atoms with E-state index in [0.29, 0.717) is 6.61 Å². The molecule has 0 unspecified atom stereocenters. The number of nitrogens with zero attached hydrogens (tertiary/aromatic N) is 1. The lowest BCUT2D eigenvalue weighted by atomic mass is 10.3. The van der Waals surface area contributed by atoms with Crippen LogP contribution in [0.3, 0.4) is 0 Å². The highest BCUT2D eigenvalue weighted by Crippen LogP contribution is 2.26. The van der Waals surface area contributed by atoms with Crippen LogP contribution in [-0.4, -0.2) is 35.7 Å². The topological polar surface area (TPSA) is 23.5 Å². The van der Waals surface area contributed by atoms with Crippen molar-refractivity contribution in [1.82, 2.24) is 4.90 Å². The van der Waals surface area contributed by atoms with Gasteiger partial charge in [-0.25, -0.2) is 0 Å². The second kappa shape index (κ2) is 5.55. The zero-order chi connectivity index (χ0) is 8.81. The Morgan fingerprint density at radius 1 is 1.25 bits per heavy atom. The molecular weight excluding hydrogens is 150 g/mol. The normalized spacial score (nSPS) is 17.2. The molecule has 72 valence electrons. The highest BCUT2D eigenvalue weighted by Gasteiger charge is 2.27. The molecule has 0 radical (unpaired) electrons. The molecule has 0 aromatic heterocycles. The van der Waals surface area contributed by atoms with E-state index in [9.17, 15) is 0 Å². The third kappa shape index (κ3) is 3.55. The first kappa shape index (κ1) is 10.0. The number of aliphatic hydroxyl groups is 1. The summed E-state index contributed by atoms with van der Waals surface area (Å²) in [7, 11) is 0. The van der Waals surface area contributed by atoms with Crippen LogP contribution in [0.5, 0.6) is 0 Å². The van der Waals surface area contributed by atoms with Gasteiger partial charge in [-0.2, -0.15) is 0 Å². The Labute approximate surface area is 75.6 Å². The van der Waals surface area contributed by atoms with E-state index in [1.54, 1.807) is 0 Å². The monoisotopic (exact) mass is 171 g/mol. The van der Waals surface area contributed by atoms with Gasteiger partial charge in [-0.1, -0.05) is 13.3 Å². The minimum absolute atomic E-state index is 0.343. The van der Waals surface area contributed by atoms with Crippen LogP contribution < -0.4 is 0 Å². The Kier molecular flexibility index (Phi) is 4.62. The smallest absolute Gasteiger partial charge is 0.0443 e. The second-order valence-corrected chi connectivity index (χ2v) is 3.70. The van der Waals surface area contributed by atoms with Gasteiger partial charge in [-0.15, -0.1) is 0 Å². The summed E-state index contributed by atoms with van der Waals surface area (Å²) in [4.78, 5) is 2.54. The lowest BCUT2D eigenvalue weighted by Gasteiger charge is -2.20. The van der Waals surface area contributed by atoms with Crippen LogP contribution in [0, 0.1) is 0 Å². The largest absolute Gasteiger partial charge is 0.396 e. The summed E-state index contributed by atoms with van der Waals surface area (Å²) in [5.41, 5.74) is 0. The molecule has 1 rings (SSSR count). The molecule has 1 saturated carbocycles. The molecule has 1 fully saturated rings. The molecule has 0 saturated heterocycles. The first-order valence-corrected chi connectivity index (χ1v) is 5.23. The van der Waals surface area contributed by atoms with Crippen molar-refractivity contribution in [2.75, 3.05) is 19.7 Å². The maximum absolute atomic E-state index is 8.72. The van der Waals surface area contributed by atoms with E-state index in [1.807, 2.05) is 0 Å². The fourth-order valence-electron chi connectivity index (χ4n) is 1.55. The van der Waals surface area contributed by atoms with Crippen molar-refractivity contribution in [2.45, 2.75) is 45.1 Å². The highest BCUT2D eigenvalue weighted by atomic mass is 16.3. The first-order chi connectivity index (χ1) is 5.88. The van der Waals surface area contributed by atoms with E-state index >= 15 is 0 Å². The number of unbranched alkanes of at least 4 members (excludes halogenated alkanes) is 1. The van der Waals surface area contributed by atoms with Gasteiger partial charge in [0.1, 0.15) is 0 Å². The molecule has 0 bridgehead atoms. The van der Waals surface area contributed by atoms with Crippen molar-refractivity contribution in [3.05, 3.63) is 0 Å².